The van der Waals surface area contributed by atoms with Gasteiger partial charge in [-0.25, -0.2) is 0 Å². The second-order valence-electron chi connectivity index (χ2n) is 8.22. The molecule has 1 aromatic heterocycles. The second-order valence-corrected chi connectivity index (χ2v) is 8.22. The molecule has 3 rings (SSSR count). The monoisotopic (exact) mass is 361 g/mol. The lowest BCUT2D eigenvalue weighted by molar-refractivity contribution is 0.306. The summed E-state index contributed by atoms with van der Waals surface area (Å²) in [5, 5.41) is 3.87. The van der Waals surface area contributed by atoms with Gasteiger partial charge in [-0.1, -0.05) is 74.5 Å². The minimum Gasteiger partial charge on any atom is -0.466 e. The largest absolute Gasteiger partial charge is 0.466 e. The SMILES string of the molecule is Cc1ccc(C(C)(C)C[C@@H](C)N[C@@H](Cc2ccccc2)c2ccccc2)o1. The Balaban J connectivity index is 1.73. The molecule has 0 aliphatic rings. The van der Waals surface area contributed by atoms with Crippen molar-refractivity contribution < 1.29 is 4.42 Å². The molecule has 2 atom stereocenters. The molecule has 2 nitrogen and oxygen atoms in total. The van der Waals surface area contributed by atoms with Gasteiger partial charge in [-0.3, -0.25) is 0 Å². The number of nitrogens with one attached hydrogen (secondary N) is 1. The van der Waals surface area contributed by atoms with Crippen molar-refractivity contribution in [1.82, 2.24) is 5.32 Å². The molecule has 27 heavy (non-hydrogen) atoms. The highest BCUT2D eigenvalue weighted by molar-refractivity contribution is 5.24. The molecule has 0 fully saturated rings. The Morgan fingerprint density at radius 1 is 0.889 bits per heavy atom. The van der Waals surface area contributed by atoms with E-state index < -0.39 is 0 Å². The number of hydrogen-bond donors (Lipinski definition) is 1. The van der Waals surface area contributed by atoms with Gasteiger partial charge < -0.3 is 9.73 Å². The van der Waals surface area contributed by atoms with E-state index in [1.165, 1.54) is 11.1 Å². The maximum absolute atomic E-state index is 5.91. The third kappa shape index (κ3) is 5.33. The van der Waals surface area contributed by atoms with E-state index in [9.17, 15) is 0 Å². The van der Waals surface area contributed by atoms with Gasteiger partial charge in [-0.15, -0.1) is 0 Å². The summed E-state index contributed by atoms with van der Waals surface area (Å²) in [6.07, 6.45) is 1.99. The lowest BCUT2D eigenvalue weighted by atomic mass is 9.83. The Labute approximate surface area is 163 Å². The van der Waals surface area contributed by atoms with Gasteiger partial charge in [0.2, 0.25) is 0 Å². The van der Waals surface area contributed by atoms with Crippen LogP contribution in [-0.4, -0.2) is 6.04 Å². The van der Waals surface area contributed by atoms with Crippen LogP contribution in [-0.2, 0) is 11.8 Å². The van der Waals surface area contributed by atoms with E-state index in [0.717, 1.165) is 24.4 Å². The molecule has 0 spiro atoms. The van der Waals surface area contributed by atoms with E-state index in [2.05, 4.69) is 98.9 Å². The normalized spacial score (nSPS) is 14.1. The van der Waals surface area contributed by atoms with Crippen LogP contribution in [0.25, 0.3) is 0 Å². The van der Waals surface area contributed by atoms with Gasteiger partial charge in [0.05, 0.1) is 0 Å². The first-order chi connectivity index (χ1) is 12.9. The summed E-state index contributed by atoms with van der Waals surface area (Å²) in [7, 11) is 0. The summed E-state index contributed by atoms with van der Waals surface area (Å²) in [5.74, 6) is 2.04. The molecule has 0 amide bonds. The maximum atomic E-state index is 5.91. The van der Waals surface area contributed by atoms with Gasteiger partial charge in [-0.2, -0.15) is 0 Å². The lowest BCUT2D eigenvalue weighted by Gasteiger charge is -2.30. The molecule has 3 aromatic rings. The van der Waals surface area contributed by atoms with Crippen molar-refractivity contribution in [2.75, 3.05) is 0 Å². The van der Waals surface area contributed by atoms with Crippen LogP contribution in [0.1, 0.15) is 55.9 Å². The Hall–Kier alpha value is -2.32. The fraction of sp³-hybridized carbons (Fsp3) is 0.360. The number of furan rings is 1. The van der Waals surface area contributed by atoms with Crippen molar-refractivity contribution in [3.05, 3.63) is 95.4 Å². The van der Waals surface area contributed by atoms with E-state index >= 15 is 0 Å². The van der Waals surface area contributed by atoms with Gasteiger partial charge >= 0.3 is 0 Å². The molecule has 0 unspecified atom stereocenters. The number of aryl methyl sites for hydroxylation is 1. The van der Waals surface area contributed by atoms with Crippen molar-refractivity contribution in [2.24, 2.45) is 0 Å². The minimum atomic E-state index is -0.00530. The van der Waals surface area contributed by atoms with Crippen LogP contribution >= 0.6 is 0 Å². The molecule has 0 aliphatic heterocycles. The van der Waals surface area contributed by atoms with Crippen LogP contribution < -0.4 is 5.32 Å². The summed E-state index contributed by atoms with van der Waals surface area (Å²) in [4.78, 5) is 0. The van der Waals surface area contributed by atoms with Crippen molar-refractivity contribution in [3.8, 4) is 0 Å². The first-order valence-electron chi connectivity index (χ1n) is 9.86. The second kappa shape index (κ2) is 8.58. The van der Waals surface area contributed by atoms with Gasteiger partial charge in [0, 0.05) is 17.5 Å². The van der Waals surface area contributed by atoms with E-state index in [4.69, 9.17) is 4.42 Å². The Morgan fingerprint density at radius 2 is 1.52 bits per heavy atom. The molecule has 0 saturated heterocycles. The van der Waals surface area contributed by atoms with E-state index in [1.807, 2.05) is 6.92 Å². The van der Waals surface area contributed by atoms with Gasteiger partial charge in [-0.05, 0) is 49.9 Å². The summed E-state index contributed by atoms with van der Waals surface area (Å²) < 4.78 is 5.91. The number of hydrogen-bond acceptors (Lipinski definition) is 2. The predicted molar refractivity (Wildman–Crippen MR) is 113 cm³/mol. The molecule has 2 heteroatoms. The first-order valence-corrected chi connectivity index (χ1v) is 9.86. The van der Waals surface area contributed by atoms with Gasteiger partial charge in [0.15, 0.2) is 0 Å². The predicted octanol–water partition coefficient (Wildman–Crippen LogP) is 6.22. The highest BCUT2D eigenvalue weighted by Crippen LogP contribution is 2.31. The molecular weight excluding hydrogens is 330 g/mol. The minimum absolute atomic E-state index is 0.00530. The Morgan fingerprint density at radius 3 is 2.11 bits per heavy atom. The molecule has 0 bridgehead atoms. The molecule has 142 valence electrons. The zero-order valence-electron chi connectivity index (χ0n) is 16.9. The zero-order chi connectivity index (χ0) is 19.3. The number of rotatable bonds is 8. The highest BCUT2D eigenvalue weighted by atomic mass is 16.3. The quantitative estimate of drug-likeness (QED) is 0.515. The van der Waals surface area contributed by atoms with Gasteiger partial charge in [0.25, 0.3) is 0 Å². The lowest BCUT2D eigenvalue weighted by Crippen LogP contribution is -2.36. The van der Waals surface area contributed by atoms with Crippen molar-refractivity contribution >= 4 is 0 Å². The van der Waals surface area contributed by atoms with Crippen LogP contribution in [0, 0.1) is 6.92 Å². The zero-order valence-corrected chi connectivity index (χ0v) is 16.9. The molecule has 0 saturated carbocycles. The molecule has 0 radical (unpaired) electrons. The molecule has 2 aromatic carbocycles. The van der Waals surface area contributed by atoms with Crippen molar-refractivity contribution in [1.29, 1.82) is 0 Å². The maximum Gasteiger partial charge on any atom is 0.109 e. The van der Waals surface area contributed by atoms with Crippen LogP contribution in [0.15, 0.2) is 77.2 Å². The van der Waals surface area contributed by atoms with Crippen LogP contribution in [0.2, 0.25) is 0 Å². The first kappa shape index (κ1) is 19.4. The van der Waals surface area contributed by atoms with Crippen LogP contribution in [0.3, 0.4) is 0 Å². The topological polar surface area (TPSA) is 25.2 Å². The smallest absolute Gasteiger partial charge is 0.109 e. The summed E-state index contributed by atoms with van der Waals surface area (Å²) in [6.45, 7) is 8.81. The summed E-state index contributed by atoms with van der Waals surface area (Å²) in [6, 6.07) is 26.3. The third-order valence-electron chi connectivity index (χ3n) is 5.19. The standard InChI is InChI=1S/C25H31NO/c1-19(18-25(3,4)24-16-15-20(2)27-24)26-23(22-13-9-6-10-14-22)17-21-11-7-5-8-12-21/h5-16,19,23,26H,17-18H2,1-4H3/t19-,23+/m1/s1. The van der Waals surface area contributed by atoms with Crippen LogP contribution in [0.4, 0.5) is 0 Å². The Kier molecular flexibility index (Phi) is 6.18. The Bertz CT molecular complexity index is 820. The fourth-order valence-corrected chi connectivity index (χ4v) is 3.87. The fourth-order valence-electron chi connectivity index (χ4n) is 3.87. The van der Waals surface area contributed by atoms with Crippen molar-refractivity contribution in [3.63, 3.8) is 0 Å². The van der Waals surface area contributed by atoms with Crippen molar-refractivity contribution in [2.45, 2.75) is 58.0 Å². The molecular formula is C25H31NO. The van der Waals surface area contributed by atoms with E-state index in [1.54, 1.807) is 0 Å². The molecule has 1 heterocycles. The number of benzene rings is 2. The summed E-state index contributed by atoms with van der Waals surface area (Å²) >= 11 is 0. The summed E-state index contributed by atoms with van der Waals surface area (Å²) in [5.41, 5.74) is 2.68. The molecule has 1 N–H and O–H groups in total. The average Bonchev–Trinajstić information content (AvgIpc) is 3.10. The third-order valence-corrected chi connectivity index (χ3v) is 5.19. The van der Waals surface area contributed by atoms with Crippen LogP contribution in [0.5, 0.6) is 0 Å². The van der Waals surface area contributed by atoms with E-state index in [0.29, 0.717) is 6.04 Å². The highest BCUT2D eigenvalue weighted by Gasteiger charge is 2.27. The van der Waals surface area contributed by atoms with Gasteiger partial charge in [0.1, 0.15) is 11.5 Å². The van der Waals surface area contributed by atoms with E-state index in [-0.39, 0.29) is 11.5 Å². The molecule has 0 aliphatic carbocycles. The average molecular weight is 362 g/mol.